The predicted octanol–water partition coefficient (Wildman–Crippen LogP) is 3.53. The van der Waals surface area contributed by atoms with Gasteiger partial charge in [0.2, 0.25) is 5.91 Å². The van der Waals surface area contributed by atoms with Gasteiger partial charge in [-0.3, -0.25) is 4.79 Å². The van der Waals surface area contributed by atoms with Crippen molar-refractivity contribution in [2.45, 2.75) is 23.8 Å². The molecule has 1 fully saturated rings. The van der Waals surface area contributed by atoms with E-state index in [1.54, 1.807) is 16.7 Å². The van der Waals surface area contributed by atoms with Gasteiger partial charge in [-0.1, -0.05) is 42.5 Å². The van der Waals surface area contributed by atoms with Crippen LogP contribution in [0, 0.1) is 5.92 Å². The highest BCUT2D eigenvalue weighted by Crippen LogP contribution is 2.48. The Bertz CT molecular complexity index is 672. The Labute approximate surface area is 147 Å². The summed E-state index contributed by atoms with van der Waals surface area (Å²) in [5.74, 6) is 0.551. The first-order valence-electron chi connectivity index (χ1n) is 8.30. The molecule has 1 amide bonds. The molecule has 0 unspecified atom stereocenters. The number of nitrogens with zero attached hydrogens (tertiary/aromatic N) is 1. The van der Waals surface area contributed by atoms with Crippen LogP contribution in [-0.2, 0) is 11.3 Å². The molecule has 0 radical (unpaired) electrons. The van der Waals surface area contributed by atoms with E-state index in [-0.39, 0.29) is 18.4 Å². The van der Waals surface area contributed by atoms with Crippen LogP contribution in [-0.4, -0.2) is 35.3 Å². The van der Waals surface area contributed by atoms with E-state index in [4.69, 9.17) is 0 Å². The topological polar surface area (TPSA) is 40.5 Å². The molecule has 4 heteroatoms. The molecule has 1 saturated carbocycles. The number of hydrogen-bond acceptors (Lipinski definition) is 3. The van der Waals surface area contributed by atoms with Crippen molar-refractivity contribution in [2.75, 3.05) is 19.4 Å². The third-order valence-electron chi connectivity index (χ3n) is 4.55. The van der Waals surface area contributed by atoms with E-state index in [0.29, 0.717) is 19.0 Å². The first-order valence-corrected chi connectivity index (χ1v) is 9.53. The van der Waals surface area contributed by atoms with Gasteiger partial charge in [-0.25, -0.2) is 0 Å². The zero-order valence-electron chi connectivity index (χ0n) is 13.9. The Balaban J connectivity index is 1.65. The van der Waals surface area contributed by atoms with Gasteiger partial charge in [0.25, 0.3) is 0 Å². The maximum Gasteiger partial charge on any atom is 0.226 e. The molecule has 0 heterocycles. The van der Waals surface area contributed by atoms with E-state index in [2.05, 4.69) is 36.4 Å². The van der Waals surface area contributed by atoms with Gasteiger partial charge in [0.15, 0.2) is 0 Å². The van der Waals surface area contributed by atoms with Gasteiger partial charge in [0.05, 0.1) is 6.61 Å². The van der Waals surface area contributed by atoms with E-state index >= 15 is 0 Å². The number of rotatable bonds is 7. The van der Waals surface area contributed by atoms with E-state index in [9.17, 15) is 9.90 Å². The second kappa shape index (κ2) is 7.86. The predicted molar refractivity (Wildman–Crippen MR) is 98.0 cm³/mol. The molecule has 3 nitrogen and oxygen atoms in total. The minimum Gasteiger partial charge on any atom is -0.395 e. The largest absolute Gasteiger partial charge is 0.395 e. The number of thioether (sulfide) groups is 1. The minimum absolute atomic E-state index is 0.00262. The van der Waals surface area contributed by atoms with Crippen LogP contribution in [0.2, 0.25) is 0 Å². The smallest absolute Gasteiger partial charge is 0.226 e. The van der Waals surface area contributed by atoms with Crippen molar-refractivity contribution in [1.82, 2.24) is 4.90 Å². The van der Waals surface area contributed by atoms with E-state index in [1.165, 1.54) is 10.5 Å². The Morgan fingerprint density at radius 2 is 1.88 bits per heavy atom. The fourth-order valence-corrected chi connectivity index (χ4v) is 3.52. The molecule has 0 aliphatic heterocycles. The second-order valence-electron chi connectivity index (χ2n) is 6.19. The van der Waals surface area contributed by atoms with Crippen LogP contribution in [0.5, 0.6) is 0 Å². The van der Waals surface area contributed by atoms with Crippen LogP contribution in [0.1, 0.15) is 23.5 Å². The lowest BCUT2D eigenvalue weighted by Gasteiger charge is -2.22. The number of hydrogen-bond donors (Lipinski definition) is 1. The average molecular weight is 341 g/mol. The Morgan fingerprint density at radius 3 is 2.50 bits per heavy atom. The number of carbonyl (C=O) groups is 1. The standard InChI is InChI=1S/C20H23NO2S/c1-24-17-9-7-15(8-10-17)14-21(11-12-22)20(23)19-13-18(19)16-5-3-2-4-6-16/h2-10,18-19,22H,11-14H2,1H3/t18-,19+/m0/s1. The van der Waals surface area contributed by atoms with E-state index in [1.807, 2.05) is 24.5 Å². The summed E-state index contributed by atoms with van der Waals surface area (Å²) in [5.41, 5.74) is 2.34. The number of aliphatic hydroxyl groups is 1. The van der Waals surface area contributed by atoms with Gasteiger partial charge < -0.3 is 10.0 Å². The fourth-order valence-electron chi connectivity index (χ4n) is 3.11. The molecule has 3 rings (SSSR count). The Hall–Kier alpha value is -1.78. The van der Waals surface area contributed by atoms with Crippen molar-refractivity contribution >= 4 is 17.7 Å². The second-order valence-corrected chi connectivity index (χ2v) is 7.07. The van der Waals surface area contributed by atoms with Gasteiger partial charge >= 0.3 is 0 Å². The van der Waals surface area contributed by atoms with Crippen molar-refractivity contribution in [3.63, 3.8) is 0 Å². The van der Waals surface area contributed by atoms with Gasteiger partial charge in [-0.2, -0.15) is 0 Å². The van der Waals surface area contributed by atoms with Crippen LogP contribution < -0.4 is 0 Å². The lowest BCUT2D eigenvalue weighted by atomic mass is 10.1. The molecule has 2 aromatic rings. The molecule has 0 saturated heterocycles. The lowest BCUT2D eigenvalue weighted by Crippen LogP contribution is -2.34. The highest BCUT2D eigenvalue weighted by molar-refractivity contribution is 7.98. The molecule has 0 spiro atoms. The fraction of sp³-hybridized carbons (Fsp3) is 0.350. The highest BCUT2D eigenvalue weighted by atomic mass is 32.2. The van der Waals surface area contributed by atoms with Crippen molar-refractivity contribution < 1.29 is 9.90 Å². The number of carbonyl (C=O) groups excluding carboxylic acids is 1. The van der Waals surface area contributed by atoms with Crippen LogP contribution in [0.3, 0.4) is 0 Å². The molecule has 0 bridgehead atoms. The maximum atomic E-state index is 12.8. The minimum atomic E-state index is -0.00262. The average Bonchev–Trinajstić information content (AvgIpc) is 3.43. The zero-order chi connectivity index (χ0) is 16.9. The molecule has 2 aromatic carbocycles. The molecule has 1 aliphatic carbocycles. The number of amides is 1. The van der Waals surface area contributed by atoms with Crippen molar-refractivity contribution in [3.05, 3.63) is 65.7 Å². The quantitative estimate of drug-likeness (QED) is 0.783. The van der Waals surface area contributed by atoms with Gasteiger partial charge in [0, 0.05) is 23.9 Å². The molecular weight excluding hydrogens is 318 g/mol. The summed E-state index contributed by atoms with van der Waals surface area (Å²) in [6, 6.07) is 18.5. The van der Waals surface area contributed by atoms with E-state index < -0.39 is 0 Å². The zero-order valence-corrected chi connectivity index (χ0v) is 14.7. The third-order valence-corrected chi connectivity index (χ3v) is 5.29. The van der Waals surface area contributed by atoms with Gasteiger partial charge in [-0.05, 0) is 41.9 Å². The molecule has 2 atom stereocenters. The van der Waals surface area contributed by atoms with Crippen LogP contribution >= 0.6 is 11.8 Å². The summed E-state index contributed by atoms with van der Waals surface area (Å²) >= 11 is 1.71. The summed E-state index contributed by atoms with van der Waals surface area (Å²) in [6.07, 6.45) is 2.96. The molecule has 1 N–H and O–H groups in total. The summed E-state index contributed by atoms with van der Waals surface area (Å²) < 4.78 is 0. The normalized spacial score (nSPS) is 19.1. The highest BCUT2D eigenvalue weighted by Gasteiger charge is 2.45. The first kappa shape index (κ1) is 17.1. The molecule has 0 aromatic heterocycles. The summed E-state index contributed by atoms with van der Waals surface area (Å²) in [5, 5.41) is 9.33. The molecular formula is C20H23NO2S. The van der Waals surface area contributed by atoms with Crippen LogP contribution in [0.25, 0.3) is 0 Å². The van der Waals surface area contributed by atoms with Crippen molar-refractivity contribution in [1.29, 1.82) is 0 Å². The number of aliphatic hydroxyl groups excluding tert-OH is 1. The SMILES string of the molecule is CSc1ccc(CN(CCO)C(=O)[C@@H]2C[C@H]2c2ccccc2)cc1. The number of benzene rings is 2. The maximum absolute atomic E-state index is 12.8. The van der Waals surface area contributed by atoms with E-state index in [0.717, 1.165) is 12.0 Å². The summed E-state index contributed by atoms with van der Waals surface area (Å²) in [7, 11) is 0. The third kappa shape index (κ3) is 4.00. The monoisotopic (exact) mass is 341 g/mol. The van der Waals surface area contributed by atoms with Crippen LogP contribution in [0.4, 0.5) is 0 Å². The van der Waals surface area contributed by atoms with Crippen LogP contribution in [0.15, 0.2) is 59.5 Å². The Kier molecular flexibility index (Phi) is 5.59. The van der Waals surface area contributed by atoms with Crippen molar-refractivity contribution in [2.24, 2.45) is 5.92 Å². The van der Waals surface area contributed by atoms with Gasteiger partial charge in [-0.15, -0.1) is 11.8 Å². The summed E-state index contributed by atoms with van der Waals surface area (Å²) in [4.78, 5) is 15.8. The summed E-state index contributed by atoms with van der Waals surface area (Å²) in [6.45, 7) is 0.949. The van der Waals surface area contributed by atoms with Gasteiger partial charge in [0.1, 0.15) is 0 Å². The molecule has 24 heavy (non-hydrogen) atoms. The molecule has 1 aliphatic rings. The lowest BCUT2D eigenvalue weighted by molar-refractivity contribution is -0.133. The van der Waals surface area contributed by atoms with Crippen molar-refractivity contribution in [3.8, 4) is 0 Å². The molecule has 126 valence electrons. The Morgan fingerprint density at radius 1 is 1.17 bits per heavy atom. The first-order chi connectivity index (χ1) is 11.7.